The summed E-state index contributed by atoms with van der Waals surface area (Å²) >= 11 is 6.61. The Morgan fingerprint density at radius 2 is 1.86 bits per heavy atom. The lowest BCUT2D eigenvalue weighted by Crippen LogP contribution is -2.05. The minimum atomic E-state index is -4.45. The molecule has 0 radical (unpaired) electrons. The van der Waals surface area contributed by atoms with E-state index in [9.17, 15) is 18.0 Å². The van der Waals surface area contributed by atoms with Crippen molar-refractivity contribution in [1.82, 2.24) is 9.97 Å². The van der Waals surface area contributed by atoms with Crippen molar-refractivity contribution < 1.29 is 23.1 Å². The molecule has 1 N–H and O–H groups in total. The van der Waals surface area contributed by atoms with Gasteiger partial charge in [-0.25, -0.2) is 14.8 Å². The molecule has 0 aliphatic heterocycles. The first-order valence-electron chi connectivity index (χ1n) is 5.38. The van der Waals surface area contributed by atoms with Crippen LogP contribution in [-0.4, -0.2) is 21.0 Å². The third-order valence-electron chi connectivity index (χ3n) is 2.30. The Kier molecular flexibility index (Phi) is 4.38. The van der Waals surface area contributed by atoms with Crippen LogP contribution in [0.4, 0.5) is 13.2 Å². The second-order valence-corrected chi connectivity index (χ2v) is 5.22. The monoisotopic (exact) mass is 334 g/mol. The van der Waals surface area contributed by atoms with E-state index in [0.29, 0.717) is 6.20 Å². The van der Waals surface area contributed by atoms with Crippen LogP contribution < -0.4 is 0 Å². The molecule has 110 valence electrons. The number of pyridine rings is 2. The molecule has 0 bridgehead atoms. The average molecular weight is 335 g/mol. The Morgan fingerprint density at radius 1 is 1.19 bits per heavy atom. The van der Waals surface area contributed by atoms with E-state index in [0.717, 1.165) is 17.8 Å². The van der Waals surface area contributed by atoms with E-state index in [2.05, 4.69) is 9.97 Å². The lowest BCUT2D eigenvalue weighted by molar-refractivity contribution is -0.137. The van der Waals surface area contributed by atoms with E-state index < -0.39 is 17.7 Å². The highest BCUT2D eigenvalue weighted by atomic mass is 35.5. The van der Waals surface area contributed by atoms with Gasteiger partial charge < -0.3 is 5.11 Å². The maximum atomic E-state index is 12.4. The van der Waals surface area contributed by atoms with Crippen molar-refractivity contribution in [2.45, 2.75) is 16.2 Å². The molecule has 0 saturated heterocycles. The predicted octanol–water partition coefficient (Wildman–Crippen LogP) is 4.00. The summed E-state index contributed by atoms with van der Waals surface area (Å²) in [4.78, 5) is 18.4. The zero-order valence-corrected chi connectivity index (χ0v) is 11.6. The highest BCUT2D eigenvalue weighted by molar-refractivity contribution is 7.99. The molecule has 0 saturated carbocycles. The Hall–Kier alpha value is -1.80. The van der Waals surface area contributed by atoms with Crippen molar-refractivity contribution in [1.29, 1.82) is 0 Å². The van der Waals surface area contributed by atoms with Crippen LogP contribution in [0.3, 0.4) is 0 Å². The lowest BCUT2D eigenvalue weighted by atomic mass is 10.3. The maximum absolute atomic E-state index is 12.4. The van der Waals surface area contributed by atoms with Gasteiger partial charge in [0.1, 0.15) is 10.1 Å². The van der Waals surface area contributed by atoms with Gasteiger partial charge in [-0.05, 0) is 24.3 Å². The Labute approximate surface area is 126 Å². The van der Waals surface area contributed by atoms with Gasteiger partial charge in [0.2, 0.25) is 0 Å². The first kappa shape index (κ1) is 15.6. The topological polar surface area (TPSA) is 63.1 Å². The summed E-state index contributed by atoms with van der Waals surface area (Å²) in [5.74, 6) is -1.29. The fraction of sp³-hybridized carbons (Fsp3) is 0.0833. The number of carboxylic acid groups (broad SMARTS) is 1. The van der Waals surface area contributed by atoms with Crippen molar-refractivity contribution in [2.24, 2.45) is 0 Å². The standard InChI is InChI=1S/C12H6ClF3N2O2S/c13-7-2-4-9(18-10(7)11(19)20)21-8-3-1-6(5-17-8)12(14,15)16/h1-5H,(H,19,20). The van der Waals surface area contributed by atoms with Crippen LogP contribution in [0, 0.1) is 0 Å². The second-order valence-electron chi connectivity index (χ2n) is 3.77. The number of rotatable bonds is 3. The predicted molar refractivity (Wildman–Crippen MR) is 69.6 cm³/mol. The van der Waals surface area contributed by atoms with Gasteiger partial charge in [0.15, 0.2) is 5.69 Å². The van der Waals surface area contributed by atoms with E-state index in [1.54, 1.807) is 0 Å². The molecule has 0 atom stereocenters. The van der Waals surface area contributed by atoms with Crippen LogP contribution in [0.2, 0.25) is 5.02 Å². The average Bonchev–Trinajstić information content (AvgIpc) is 2.40. The molecule has 0 amide bonds. The van der Waals surface area contributed by atoms with Crippen LogP contribution in [0.5, 0.6) is 0 Å². The fourth-order valence-corrected chi connectivity index (χ4v) is 2.26. The quantitative estimate of drug-likeness (QED) is 0.919. The van der Waals surface area contributed by atoms with Crippen molar-refractivity contribution in [3.8, 4) is 0 Å². The molecule has 0 fully saturated rings. The fourth-order valence-electron chi connectivity index (χ4n) is 1.35. The molecular weight excluding hydrogens is 329 g/mol. The molecule has 0 aliphatic carbocycles. The third-order valence-corrected chi connectivity index (χ3v) is 3.49. The van der Waals surface area contributed by atoms with E-state index in [4.69, 9.17) is 16.7 Å². The maximum Gasteiger partial charge on any atom is 0.417 e. The van der Waals surface area contributed by atoms with E-state index in [-0.39, 0.29) is 20.8 Å². The van der Waals surface area contributed by atoms with Gasteiger partial charge in [0.25, 0.3) is 0 Å². The van der Waals surface area contributed by atoms with Gasteiger partial charge in [-0.1, -0.05) is 23.4 Å². The molecule has 2 aromatic heterocycles. The molecule has 9 heteroatoms. The summed E-state index contributed by atoms with van der Waals surface area (Å²) in [5, 5.41) is 9.39. The number of hydrogen-bond donors (Lipinski definition) is 1. The summed E-state index contributed by atoms with van der Waals surface area (Å²) < 4.78 is 37.2. The molecular formula is C12H6ClF3N2O2S. The molecule has 2 aromatic rings. The van der Waals surface area contributed by atoms with Crippen molar-refractivity contribution in [3.05, 3.63) is 46.7 Å². The van der Waals surface area contributed by atoms with E-state index in [1.807, 2.05) is 0 Å². The molecule has 2 rings (SSSR count). The largest absolute Gasteiger partial charge is 0.476 e. The molecule has 0 unspecified atom stereocenters. The van der Waals surface area contributed by atoms with Gasteiger partial charge in [0, 0.05) is 6.20 Å². The first-order chi connectivity index (χ1) is 9.77. The SMILES string of the molecule is O=C(O)c1nc(Sc2ccc(C(F)(F)F)cn2)ccc1Cl. The number of hydrogen-bond acceptors (Lipinski definition) is 4. The number of nitrogens with zero attached hydrogens (tertiary/aromatic N) is 2. The van der Waals surface area contributed by atoms with Crippen molar-refractivity contribution in [3.63, 3.8) is 0 Å². The van der Waals surface area contributed by atoms with E-state index >= 15 is 0 Å². The van der Waals surface area contributed by atoms with Crippen LogP contribution in [-0.2, 0) is 6.18 Å². The zero-order valence-electron chi connectivity index (χ0n) is 10.1. The smallest absolute Gasteiger partial charge is 0.417 e. The highest BCUT2D eigenvalue weighted by Crippen LogP contribution is 2.31. The number of aromatic nitrogens is 2. The van der Waals surface area contributed by atoms with Gasteiger partial charge >= 0.3 is 12.1 Å². The number of alkyl halides is 3. The molecule has 4 nitrogen and oxygen atoms in total. The van der Waals surface area contributed by atoms with Crippen molar-refractivity contribution >= 4 is 29.3 Å². The first-order valence-corrected chi connectivity index (χ1v) is 6.58. The van der Waals surface area contributed by atoms with Gasteiger partial charge in [0.05, 0.1) is 10.6 Å². The number of carboxylic acids is 1. The van der Waals surface area contributed by atoms with Gasteiger partial charge in [-0.3, -0.25) is 0 Å². The molecule has 0 spiro atoms. The summed E-state index contributed by atoms with van der Waals surface area (Å²) in [6.07, 6.45) is -3.75. The minimum absolute atomic E-state index is 0.0211. The molecule has 2 heterocycles. The van der Waals surface area contributed by atoms with Crippen molar-refractivity contribution in [2.75, 3.05) is 0 Å². The minimum Gasteiger partial charge on any atom is -0.476 e. The Morgan fingerprint density at radius 3 is 2.38 bits per heavy atom. The van der Waals surface area contributed by atoms with Gasteiger partial charge in [-0.2, -0.15) is 13.2 Å². The Bertz CT molecular complexity index is 677. The molecule has 0 aromatic carbocycles. The molecule has 21 heavy (non-hydrogen) atoms. The van der Waals surface area contributed by atoms with E-state index in [1.165, 1.54) is 18.2 Å². The van der Waals surface area contributed by atoms with Crippen LogP contribution in [0.25, 0.3) is 0 Å². The summed E-state index contributed by atoms with van der Waals surface area (Å²) in [7, 11) is 0. The summed E-state index contributed by atoms with van der Waals surface area (Å²) in [6, 6.07) is 4.89. The van der Waals surface area contributed by atoms with Crippen LogP contribution in [0.1, 0.15) is 16.1 Å². The third kappa shape index (κ3) is 3.85. The number of halogens is 4. The normalized spacial score (nSPS) is 11.4. The Balaban J connectivity index is 2.22. The lowest BCUT2D eigenvalue weighted by Gasteiger charge is -2.07. The van der Waals surface area contributed by atoms with Crippen LogP contribution >= 0.6 is 23.4 Å². The second kappa shape index (κ2) is 5.90. The summed E-state index contributed by atoms with van der Waals surface area (Å²) in [6.45, 7) is 0. The zero-order chi connectivity index (χ0) is 15.6. The molecule has 0 aliphatic rings. The number of carbonyl (C=O) groups is 1. The highest BCUT2D eigenvalue weighted by Gasteiger charge is 2.30. The van der Waals surface area contributed by atoms with Gasteiger partial charge in [-0.15, -0.1) is 0 Å². The van der Waals surface area contributed by atoms with Crippen LogP contribution in [0.15, 0.2) is 40.5 Å². The number of aromatic carboxylic acids is 1. The summed E-state index contributed by atoms with van der Waals surface area (Å²) in [5.41, 5.74) is -1.18.